The van der Waals surface area contributed by atoms with E-state index in [-0.39, 0.29) is 6.54 Å². The molecule has 0 heterocycles. The van der Waals surface area contributed by atoms with Crippen molar-refractivity contribution in [3.05, 3.63) is 35.9 Å². The SMILES string of the molecule is CCN(CC(=O)O)C1CC(NC2CCCC2Cc2ccccc2)C1. The molecule has 0 spiro atoms. The van der Waals surface area contributed by atoms with Crippen molar-refractivity contribution in [3.8, 4) is 0 Å². The molecule has 24 heavy (non-hydrogen) atoms. The van der Waals surface area contributed by atoms with Gasteiger partial charge in [-0.05, 0) is 50.1 Å². The first-order valence-corrected chi connectivity index (χ1v) is 9.41. The second-order valence-electron chi connectivity index (χ2n) is 7.43. The van der Waals surface area contributed by atoms with Crippen LogP contribution in [-0.2, 0) is 11.2 Å². The number of carbonyl (C=O) groups is 1. The first-order valence-electron chi connectivity index (χ1n) is 9.41. The van der Waals surface area contributed by atoms with E-state index in [1.807, 2.05) is 0 Å². The zero-order valence-electron chi connectivity index (χ0n) is 14.7. The Morgan fingerprint density at radius 1 is 1.25 bits per heavy atom. The number of likely N-dealkylation sites (N-methyl/N-ethyl adjacent to an activating group) is 1. The van der Waals surface area contributed by atoms with Gasteiger partial charge < -0.3 is 10.4 Å². The molecule has 2 saturated carbocycles. The molecule has 0 bridgehead atoms. The third-order valence-electron chi connectivity index (χ3n) is 5.82. The monoisotopic (exact) mass is 330 g/mol. The molecule has 1 aromatic rings. The van der Waals surface area contributed by atoms with Crippen LogP contribution in [0.5, 0.6) is 0 Å². The first kappa shape index (κ1) is 17.4. The minimum Gasteiger partial charge on any atom is -0.480 e. The topological polar surface area (TPSA) is 52.6 Å². The van der Waals surface area contributed by atoms with Gasteiger partial charge in [0, 0.05) is 18.1 Å². The maximum atomic E-state index is 10.9. The molecule has 1 aromatic carbocycles. The van der Waals surface area contributed by atoms with E-state index in [9.17, 15) is 4.79 Å². The van der Waals surface area contributed by atoms with E-state index in [0.29, 0.717) is 18.1 Å². The Kier molecular flexibility index (Phi) is 5.90. The summed E-state index contributed by atoms with van der Waals surface area (Å²) < 4.78 is 0. The molecule has 2 atom stereocenters. The maximum Gasteiger partial charge on any atom is 0.317 e. The molecule has 2 aliphatic carbocycles. The molecule has 2 unspecified atom stereocenters. The number of carboxylic acids is 1. The second kappa shape index (κ2) is 8.13. The third kappa shape index (κ3) is 4.37. The summed E-state index contributed by atoms with van der Waals surface area (Å²) in [4.78, 5) is 13.0. The Labute approximate surface area is 145 Å². The van der Waals surface area contributed by atoms with Gasteiger partial charge in [-0.25, -0.2) is 0 Å². The van der Waals surface area contributed by atoms with Crippen LogP contribution in [0.4, 0.5) is 0 Å². The molecule has 4 nitrogen and oxygen atoms in total. The Bertz CT molecular complexity index is 528. The van der Waals surface area contributed by atoms with E-state index < -0.39 is 5.97 Å². The van der Waals surface area contributed by atoms with Crippen LogP contribution in [0.1, 0.15) is 44.6 Å². The molecule has 3 rings (SSSR count). The highest BCUT2D eigenvalue weighted by Crippen LogP contribution is 2.32. The highest BCUT2D eigenvalue weighted by molar-refractivity contribution is 5.69. The lowest BCUT2D eigenvalue weighted by Gasteiger charge is -2.44. The largest absolute Gasteiger partial charge is 0.480 e. The Morgan fingerprint density at radius 2 is 2.00 bits per heavy atom. The van der Waals surface area contributed by atoms with Crippen molar-refractivity contribution >= 4 is 5.97 Å². The van der Waals surface area contributed by atoms with Crippen LogP contribution in [-0.4, -0.2) is 47.2 Å². The maximum absolute atomic E-state index is 10.9. The van der Waals surface area contributed by atoms with Crippen LogP contribution in [0, 0.1) is 5.92 Å². The predicted octanol–water partition coefficient (Wildman–Crippen LogP) is 2.92. The number of nitrogens with one attached hydrogen (secondary N) is 1. The summed E-state index contributed by atoms with van der Waals surface area (Å²) in [7, 11) is 0. The van der Waals surface area contributed by atoms with Crippen LogP contribution < -0.4 is 5.32 Å². The Morgan fingerprint density at radius 3 is 2.67 bits per heavy atom. The Hall–Kier alpha value is -1.39. The fourth-order valence-corrected chi connectivity index (χ4v) is 4.42. The number of hydrogen-bond donors (Lipinski definition) is 2. The zero-order valence-corrected chi connectivity index (χ0v) is 14.7. The molecular formula is C20H30N2O2. The smallest absolute Gasteiger partial charge is 0.317 e. The number of rotatable bonds is 8. The molecule has 0 aliphatic heterocycles. The van der Waals surface area contributed by atoms with Gasteiger partial charge in [0.2, 0.25) is 0 Å². The zero-order chi connectivity index (χ0) is 16.9. The molecule has 0 saturated heterocycles. The minimum absolute atomic E-state index is 0.175. The highest BCUT2D eigenvalue weighted by Gasteiger charge is 2.37. The first-order chi connectivity index (χ1) is 11.7. The number of hydrogen-bond acceptors (Lipinski definition) is 3. The molecule has 4 heteroatoms. The van der Waals surface area contributed by atoms with E-state index in [0.717, 1.165) is 25.3 Å². The average Bonchev–Trinajstić information content (AvgIpc) is 2.96. The number of aliphatic carboxylic acids is 1. The summed E-state index contributed by atoms with van der Waals surface area (Å²) in [6.07, 6.45) is 7.29. The van der Waals surface area contributed by atoms with Gasteiger partial charge in [-0.3, -0.25) is 9.69 Å². The van der Waals surface area contributed by atoms with Gasteiger partial charge in [-0.15, -0.1) is 0 Å². The lowest BCUT2D eigenvalue weighted by atomic mass is 9.83. The van der Waals surface area contributed by atoms with Crippen molar-refractivity contribution in [1.82, 2.24) is 10.2 Å². The van der Waals surface area contributed by atoms with Crippen LogP contribution >= 0.6 is 0 Å². The summed E-state index contributed by atoms with van der Waals surface area (Å²) >= 11 is 0. The molecule has 2 aliphatic rings. The standard InChI is InChI=1S/C20H30N2O2/c1-2-22(14-20(23)24)18-12-17(13-18)21-19-10-6-9-16(19)11-15-7-4-3-5-8-15/h3-5,7-8,16-19,21H,2,6,9-14H2,1H3,(H,23,24). The van der Waals surface area contributed by atoms with Crippen molar-refractivity contribution in [2.45, 2.75) is 63.6 Å². The van der Waals surface area contributed by atoms with E-state index in [2.05, 4.69) is 47.5 Å². The molecule has 0 aromatic heterocycles. The van der Waals surface area contributed by atoms with Crippen molar-refractivity contribution in [2.24, 2.45) is 5.92 Å². The van der Waals surface area contributed by atoms with Gasteiger partial charge in [0.15, 0.2) is 0 Å². The highest BCUT2D eigenvalue weighted by atomic mass is 16.4. The van der Waals surface area contributed by atoms with Crippen molar-refractivity contribution in [1.29, 1.82) is 0 Å². The third-order valence-corrected chi connectivity index (χ3v) is 5.82. The second-order valence-corrected chi connectivity index (χ2v) is 7.43. The molecule has 2 fully saturated rings. The molecule has 2 N–H and O–H groups in total. The van der Waals surface area contributed by atoms with Crippen molar-refractivity contribution in [3.63, 3.8) is 0 Å². The van der Waals surface area contributed by atoms with Crippen molar-refractivity contribution < 1.29 is 9.90 Å². The molecular weight excluding hydrogens is 300 g/mol. The van der Waals surface area contributed by atoms with Gasteiger partial charge in [0.1, 0.15) is 0 Å². The lowest BCUT2D eigenvalue weighted by Crippen LogP contribution is -2.56. The lowest BCUT2D eigenvalue weighted by molar-refractivity contribution is -0.139. The summed E-state index contributed by atoms with van der Waals surface area (Å²) in [5.41, 5.74) is 1.45. The predicted molar refractivity (Wildman–Crippen MR) is 96.1 cm³/mol. The van der Waals surface area contributed by atoms with Crippen LogP contribution in [0.25, 0.3) is 0 Å². The van der Waals surface area contributed by atoms with E-state index in [1.165, 1.54) is 31.2 Å². The van der Waals surface area contributed by atoms with Gasteiger partial charge in [-0.2, -0.15) is 0 Å². The average molecular weight is 330 g/mol. The molecule has 132 valence electrons. The van der Waals surface area contributed by atoms with Crippen molar-refractivity contribution in [2.75, 3.05) is 13.1 Å². The molecule has 0 radical (unpaired) electrons. The van der Waals surface area contributed by atoms with Crippen LogP contribution in [0.3, 0.4) is 0 Å². The summed E-state index contributed by atoms with van der Waals surface area (Å²) in [6, 6.07) is 12.5. The van der Waals surface area contributed by atoms with Crippen LogP contribution in [0.15, 0.2) is 30.3 Å². The van der Waals surface area contributed by atoms with Gasteiger partial charge in [0.25, 0.3) is 0 Å². The fourth-order valence-electron chi connectivity index (χ4n) is 4.42. The van der Waals surface area contributed by atoms with Gasteiger partial charge in [-0.1, -0.05) is 43.7 Å². The summed E-state index contributed by atoms with van der Waals surface area (Å²) in [5.74, 6) is 0.0275. The quantitative estimate of drug-likeness (QED) is 0.769. The summed E-state index contributed by atoms with van der Waals surface area (Å²) in [5, 5.41) is 12.9. The Balaban J connectivity index is 1.46. The normalized spacial score (nSPS) is 29.6. The van der Waals surface area contributed by atoms with E-state index in [1.54, 1.807) is 0 Å². The fraction of sp³-hybridized carbons (Fsp3) is 0.650. The van der Waals surface area contributed by atoms with Gasteiger partial charge >= 0.3 is 5.97 Å². The van der Waals surface area contributed by atoms with Crippen LogP contribution in [0.2, 0.25) is 0 Å². The minimum atomic E-state index is -0.716. The number of carboxylic acid groups (broad SMARTS) is 1. The number of nitrogens with zero attached hydrogens (tertiary/aromatic N) is 1. The van der Waals surface area contributed by atoms with E-state index >= 15 is 0 Å². The molecule has 0 amide bonds. The number of benzene rings is 1. The summed E-state index contributed by atoms with van der Waals surface area (Å²) in [6.45, 7) is 3.05. The van der Waals surface area contributed by atoms with E-state index in [4.69, 9.17) is 5.11 Å². The van der Waals surface area contributed by atoms with Gasteiger partial charge in [0.05, 0.1) is 6.54 Å².